The van der Waals surface area contributed by atoms with E-state index in [4.69, 9.17) is 16.3 Å². The standard InChI is InChI=1S/C31H32ClN3O3/c1-38-31(37)26-3-2-10-33-29(26)34-25-7-4-20(5-8-25)30(36)35-28-9-6-21(17-27(28)32)23-14-18-11-19-13-22(12-18)24(15-19)16-23/h2-10,17-19,22-24H,11-16H2,1H3,(H,33,34)(H,35,36). The highest BCUT2D eigenvalue weighted by Crippen LogP contribution is 2.56. The van der Waals surface area contributed by atoms with Gasteiger partial charge in [-0.25, -0.2) is 9.78 Å². The summed E-state index contributed by atoms with van der Waals surface area (Å²) in [6.45, 7) is 0. The van der Waals surface area contributed by atoms with Crippen molar-refractivity contribution in [1.29, 1.82) is 0 Å². The number of ether oxygens (including phenoxy) is 1. The maximum atomic E-state index is 13.0. The van der Waals surface area contributed by atoms with Gasteiger partial charge in [-0.1, -0.05) is 17.7 Å². The summed E-state index contributed by atoms with van der Waals surface area (Å²) in [5.41, 5.74) is 3.45. The van der Waals surface area contributed by atoms with Crippen molar-refractivity contribution >= 4 is 40.7 Å². The van der Waals surface area contributed by atoms with Gasteiger partial charge in [-0.05, 0) is 122 Å². The SMILES string of the molecule is COC(=O)c1cccnc1Nc1ccc(C(=O)Nc2ccc(C3CC4CC5CC(C4)C(C5)C3)cc2Cl)cc1. The zero-order valence-electron chi connectivity index (χ0n) is 21.5. The molecule has 3 saturated carbocycles. The number of hydrogen-bond acceptors (Lipinski definition) is 5. The first kappa shape index (κ1) is 24.9. The summed E-state index contributed by atoms with van der Waals surface area (Å²) in [7, 11) is 1.33. The normalized spacial score (nSPS) is 25.5. The molecule has 3 aliphatic carbocycles. The van der Waals surface area contributed by atoms with Crippen LogP contribution in [-0.4, -0.2) is 24.0 Å². The van der Waals surface area contributed by atoms with E-state index in [0.29, 0.717) is 39.3 Å². The van der Waals surface area contributed by atoms with E-state index in [1.165, 1.54) is 51.2 Å². The molecule has 1 aromatic heterocycles. The molecule has 1 heterocycles. The molecule has 1 amide bonds. The van der Waals surface area contributed by atoms with Crippen LogP contribution in [0.25, 0.3) is 0 Å². The van der Waals surface area contributed by atoms with Crippen molar-refractivity contribution in [2.75, 3.05) is 17.7 Å². The number of esters is 1. The predicted molar refractivity (Wildman–Crippen MR) is 149 cm³/mol. The number of benzene rings is 2. The van der Waals surface area contributed by atoms with Crippen molar-refractivity contribution in [2.45, 2.75) is 44.4 Å². The second kappa shape index (κ2) is 10.4. The zero-order valence-corrected chi connectivity index (χ0v) is 22.2. The van der Waals surface area contributed by atoms with Crippen LogP contribution in [0, 0.1) is 23.7 Å². The Bertz CT molecular complexity index is 1360. The average molecular weight is 530 g/mol. The van der Waals surface area contributed by atoms with Gasteiger partial charge in [-0.15, -0.1) is 0 Å². The minimum Gasteiger partial charge on any atom is -0.465 e. The number of halogens is 1. The fourth-order valence-electron chi connectivity index (χ4n) is 7.13. The number of pyridine rings is 1. The third-order valence-electron chi connectivity index (χ3n) is 8.78. The molecule has 3 fully saturated rings. The van der Waals surface area contributed by atoms with Gasteiger partial charge in [0, 0.05) is 17.4 Å². The quantitative estimate of drug-likeness (QED) is 0.324. The average Bonchev–Trinajstić information content (AvgIpc) is 3.14. The molecule has 6 rings (SSSR count). The fraction of sp³-hybridized carbons (Fsp3) is 0.387. The highest BCUT2D eigenvalue weighted by atomic mass is 35.5. The minimum atomic E-state index is -0.474. The van der Waals surface area contributed by atoms with Crippen LogP contribution in [0.4, 0.5) is 17.2 Å². The molecule has 0 saturated heterocycles. The number of carbonyl (C=O) groups excluding carboxylic acids is 2. The molecule has 2 aromatic carbocycles. The molecular formula is C31H32ClN3O3. The van der Waals surface area contributed by atoms with Crippen LogP contribution in [0.3, 0.4) is 0 Å². The van der Waals surface area contributed by atoms with Crippen molar-refractivity contribution < 1.29 is 14.3 Å². The first-order valence-corrected chi connectivity index (χ1v) is 13.9. The van der Waals surface area contributed by atoms with Crippen LogP contribution in [0.2, 0.25) is 5.02 Å². The number of carbonyl (C=O) groups is 2. The van der Waals surface area contributed by atoms with Gasteiger partial charge in [-0.2, -0.15) is 0 Å². The monoisotopic (exact) mass is 529 g/mol. The first-order valence-electron chi connectivity index (χ1n) is 13.5. The van der Waals surface area contributed by atoms with Gasteiger partial charge in [0.25, 0.3) is 5.91 Å². The van der Waals surface area contributed by atoms with Gasteiger partial charge >= 0.3 is 5.97 Å². The van der Waals surface area contributed by atoms with Gasteiger partial charge in [0.05, 0.1) is 17.8 Å². The Hall–Kier alpha value is -3.38. The van der Waals surface area contributed by atoms with Crippen molar-refractivity contribution in [3.63, 3.8) is 0 Å². The summed E-state index contributed by atoms with van der Waals surface area (Å²) in [5.74, 6) is 3.89. The molecule has 38 heavy (non-hydrogen) atoms. The Morgan fingerprint density at radius 2 is 1.66 bits per heavy atom. The lowest BCUT2D eigenvalue weighted by atomic mass is 9.77. The number of nitrogens with zero attached hydrogens (tertiary/aromatic N) is 1. The molecule has 0 radical (unpaired) electrons. The third kappa shape index (κ3) is 5.02. The molecule has 7 heteroatoms. The van der Waals surface area contributed by atoms with Crippen LogP contribution in [0.15, 0.2) is 60.8 Å². The number of hydrogen-bond donors (Lipinski definition) is 2. The van der Waals surface area contributed by atoms with E-state index in [0.717, 1.165) is 23.7 Å². The highest BCUT2D eigenvalue weighted by Gasteiger charge is 2.44. The van der Waals surface area contributed by atoms with E-state index in [2.05, 4.69) is 27.8 Å². The molecule has 5 atom stereocenters. The van der Waals surface area contributed by atoms with Crippen LogP contribution < -0.4 is 10.6 Å². The lowest BCUT2D eigenvalue weighted by Crippen LogP contribution is -2.16. The van der Waals surface area contributed by atoms with Crippen LogP contribution in [0.5, 0.6) is 0 Å². The Kier molecular flexibility index (Phi) is 6.83. The maximum absolute atomic E-state index is 13.0. The largest absolute Gasteiger partial charge is 0.465 e. The summed E-state index contributed by atoms with van der Waals surface area (Å²) in [4.78, 5) is 29.2. The van der Waals surface area contributed by atoms with E-state index in [9.17, 15) is 9.59 Å². The lowest BCUT2D eigenvalue weighted by molar-refractivity contribution is 0.0601. The molecule has 6 nitrogen and oxygen atoms in total. The molecule has 196 valence electrons. The van der Waals surface area contributed by atoms with E-state index in [1.807, 2.05) is 6.07 Å². The first-order chi connectivity index (χ1) is 18.5. The number of amides is 1. The lowest BCUT2D eigenvalue weighted by Gasteiger charge is -2.28. The molecule has 3 aliphatic rings. The number of rotatable bonds is 6. The molecule has 2 N–H and O–H groups in total. The minimum absolute atomic E-state index is 0.233. The maximum Gasteiger partial charge on any atom is 0.341 e. The van der Waals surface area contributed by atoms with E-state index >= 15 is 0 Å². The summed E-state index contributed by atoms with van der Waals surface area (Å²) in [5, 5.41) is 6.65. The zero-order chi connectivity index (χ0) is 26.2. The Balaban J connectivity index is 1.11. The van der Waals surface area contributed by atoms with Crippen molar-refractivity contribution in [3.8, 4) is 0 Å². The molecule has 3 bridgehead atoms. The summed E-state index contributed by atoms with van der Waals surface area (Å²) >= 11 is 6.68. The van der Waals surface area contributed by atoms with Crippen LogP contribution in [0.1, 0.15) is 70.7 Å². The van der Waals surface area contributed by atoms with Crippen molar-refractivity contribution in [1.82, 2.24) is 4.98 Å². The van der Waals surface area contributed by atoms with Crippen LogP contribution in [-0.2, 0) is 4.74 Å². The highest BCUT2D eigenvalue weighted by molar-refractivity contribution is 6.34. The van der Waals surface area contributed by atoms with Gasteiger partial charge in [0.1, 0.15) is 11.4 Å². The van der Waals surface area contributed by atoms with Crippen molar-refractivity contribution in [3.05, 3.63) is 82.5 Å². The van der Waals surface area contributed by atoms with Gasteiger partial charge in [-0.3, -0.25) is 4.79 Å². The topological polar surface area (TPSA) is 80.3 Å². The van der Waals surface area contributed by atoms with Gasteiger partial charge in [0.15, 0.2) is 0 Å². The number of methoxy groups -OCH3 is 1. The molecule has 5 unspecified atom stereocenters. The Morgan fingerprint density at radius 1 is 0.921 bits per heavy atom. The summed E-state index contributed by atoms with van der Waals surface area (Å²) < 4.78 is 4.82. The van der Waals surface area contributed by atoms with E-state index in [1.54, 1.807) is 42.6 Å². The molecular weight excluding hydrogens is 498 g/mol. The number of aromatic nitrogens is 1. The fourth-order valence-corrected chi connectivity index (χ4v) is 7.37. The number of fused-ring (bicyclic) bond motifs is 2. The van der Waals surface area contributed by atoms with E-state index in [-0.39, 0.29) is 5.91 Å². The summed E-state index contributed by atoms with van der Waals surface area (Å²) in [6.07, 6.45) is 9.84. The second-order valence-corrected chi connectivity index (χ2v) is 11.6. The predicted octanol–water partition coefficient (Wildman–Crippen LogP) is 7.45. The smallest absolute Gasteiger partial charge is 0.341 e. The van der Waals surface area contributed by atoms with Gasteiger partial charge in [0.2, 0.25) is 0 Å². The Morgan fingerprint density at radius 3 is 2.39 bits per heavy atom. The number of anilines is 3. The van der Waals surface area contributed by atoms with E-state index < -0.39 is 5.97 Å². The Labute approximate surface area is 228 Å². The third-order valence-corrected chi connectivity index (χ3v) is 9.10. The summed E-state index contributed by atoms with van der Waals surface area (Å²) in [6, 6.07) is 16.4. The molecule has 0 aliphatic heterocycles. The van der Waals surface area contributed by atoms with Gasteiger partial charge < -0.3 is 15.4 Å². The number of nitrogens with one attached hydrogen (secondary N) is 2. The molecule has 3 aromatic rings. The van der Waals surface area contributed by atoms with Crippen LogP contribution >= 0.6 is 11.6 Å². The molecule has 0 spiro atoms. The van der Waals surface area contributed by atoms with Crippen molar-refractivity contribution in [2.24, 2.45) is 23.7 Å². The second-order valence-electron chi connectivity index (χ2n) is 11.2.